The number of ether oxygens (including phenoxy) is 1. The van der Waals surface area contributed by atoms with Gasteiger partial charge in [0.15, 0.2) is 0 Å². The minimum absolute atomic E-state index is 0.0930. The molecule has 0 radical (unpaired) electrons. The minimum Gasteiger partial charge on any atom is -0.462 e. The van der Waals surface area contributed by atoms with Crippen LogP contribution in [0.2, 0.25) is 0 Å². The summed E-state index contributed by atoms with van der Waals surface area (Å²) in [5.41, 5.74) is 3.76. The van der Waals surface area contributed by atoms with Crippen molar-refractivity contribution in [3.8, 4) is 0 Å². The SMILES string of the molecule is CCCOC(=O)c1ccc(N2C(=O)C(Cl)=C(Nc3cccc(C(=O)N4CCc5ccccc5C4)c3)C2=O)cc1. The molecule has 0 bridgehead atoms. The molecule has 3 aromatic carbocycles. The second-order valence-corrected chi connectivity index (χ2v) is 9.65. The summed E-state index contributed by atoms with van der Waals surface area (Å²) in [7, 11) is 0. The van der Waals surface area contributed by atoms with Crippen LogP contribution >= 0.6 is 11.6 Å². The largest absolute Gasteiger partial charge is 0.462 e. The van der Waals surface area contributed by atoms with Gasteiger partial charge in [0.1, 0.15) is 10.7 Å². The molecule has 3 amide bonds. The number of halogens is 1. The number of benzene rings is 3. The molecule has 198 valence electrons. The van der Waals surface area contributed by atoms with Crippen LogP contribution < -0.4 is 10.2 Å². The van der Waals surface area contributed by atoms with Gasteiger partial charge in [0.05, 0.1) is 17.9 Å². The van der Waals surface area contributed by atoms with Crippen molar-refractivity contribution in [3.05, 3.63) is 106 Å². The van der Waals surface area contributed by atoms with Crippen molar-refractivity contribution in [1.29, 1.82) is 0 Å². The Morgan fingerprint density at radius 3 is 2.41 bits per heavy atom. The van der Waals surface area contributed by atoms with E-state index in [0.29, 0.717) is 42.9 Å². The summed E-state index contributed by atoms with van der Waals surface area (Å²) in [6.45, 7) is 3.34. The molecule has 2 aliphatic heterocycles. The lowest BCUT2D eigenvalue weighted by atomic mass is 9.99. The number of imide groups is 1. The average molecular weight is 544 g/mol. The van der Waals surface area contributed by atoms with Gasteiger partial charge in [-0.15, -0.1) is 0 Å². The lowest BCUT2D eigenvalue weighted by molar-refractivity contribution is -0.120. The quantitative estimate of drug-likeness (QED) is 0.337. The zero-order valence-electron chi connectivity index (χ0n) is 21.3. The van der Waals surface area contributed by atoms with E-state index in [9.17, 15) is 19.2 Å². The Balaban J connectivity index is 1.30. The summed E-state index contributed by atoms with van der Waals surface area (Å²) in [5, 5.41) is 2.66. The fraction of sp³-hybridized carbons (Fsp3) is 0.200. The van der Waals surface area contributed by atoms with E-state index in [1.54, 1.807) is 29.2 Å². The molecular weight excluding hydrogens is 518 g/mol. The first-order valence-corrected chi connectivity index (χ1v) is 13.0. The first-order valence-electron chi connectivity index (χ1n) is 12.7. The summed E-state index contributed by atoms with van der Waals surface area (Å²) in [4.78, 5) is 54.1. The molecule has 0 unspecified atom stereocenters. The highest BCUT2D eigenvalue weighted by atomic mass is 35.5. The number of hydrogen-bond donors (Lipinski definition) is 1. The van der Waals surface area contributed by atoms with Gasteiger partial charge in [0, 0.05) is 24.3 Å². The lowest BCUT2D eigenvalue weighted by Gasteiger charge is -2.29. The molecule has 0 atom stereocenters. The Morgan fingerprint density at radius 1 is 0.923 bits per heavy atom. The molecule has 0 spiro atoms. The third-order valence-corrected chi connectivity index (χ3v) is 6.97. The van der Waals surface area contributed by atoms with Crippen LogP contribution in [-0.2, 0) is 27.3 Å². The first kappa shape index (κ1) is 26.2. The summed E-state index contributed by atoms with van der Waals surface area (Å²) in [6.07, 6.45) is 1.49. The van der Waals surface area contributed by atoms with Crippen molar-refractivity contribution in [2.24, 2.45) is 0 Å². The Kier molecular flexibility index (Phi) is 7.47. The summed E-state index contributed by atoms with van der Waals surface area (Å²) in [6, 6.07) is 20.8. The van der Waals surface area contributed by atoms with Crippen LogP contribution in [0.5, 0.6) is 0 Å². The Labute approximate surface area is 230 Å². The standard InChI is InChI=1S/C30H26ClN3O5/c1-2-16-39-30(38)20-10-12-24(13-11-20)34-28(36)25(31)26(29(34)37)32-23-9-5-8-21(17-23)27(35)33-15-14-19-6-3-4-7-22(19)18-33/h3-13,17,32H,2,14-16,18H2,1H3. The molecule has 39 heavy (non-hydrogen) atoms. The van der Waals surface area contributed by atoms with Crippen molar-refractivity contribution in [1.82, 2.24) is 4.90 Å². The normalized spacial score (nSPS) is 14.9. The number of rotatable bonds is 7. The number of nitrogens with one attached hydrogen (secondary N) is 1. The second-order valence-electron chi connectivity index (χ2n) is 9.27. The summed E-state index contributed by atoms with van der Waals surface area (Å²) < 4.78 is 5.11. The zero-order chi connectivity index (χ0) is 27.5. The van der Waals surface area contributed by atoms with Crippen LogP contribution in [0, 0.1) is 0 Å². The fourth-order valence-electron chi connectivity index (χ4n) is 4.60. The van der Waals surface area contributed by atoms with Gasteiger partial charge in [-0.2, -0.15) is 0 Å². The van der Waals surface area contributed by atoms with E-state index in [1.807, 2.05) is 25.1 Å². The third-order valence-electron chi connectivity index (χ3n) is 6.62. The molecule has 3 aromatic rings. The maximum absolute atomic E-state index is 13.2. The smallest absolute Gasteiger partial charge is 0.338 e. The van der Waals surface area contributed by atoms with Gasteiger partial charge in [-0.1, -0.05) is 48.9 Å². The number of anilines is 2. The van der Waals surface area contributed by atoms with Crippen LogP contribution in [0.15, 0.2) is 83.5 Å². The molecule has 2 heterocycles. The fourth-order valence-corrected chi connectivity index (χ4v) is 4.81. The van der Waals surface area contributed by atoms with Crippen molar-refractivity contribution in [2.45, 2.75) is 26.3 Å². The van der Waals surface area contributed by atoms with E-state index < -0.39 is 17.8 Å². The molecule has 0 saturated carbocycles. The van der Waals surface area contributed by atoms with E-state index in [1.165, 1.54) is 29.8 Å². The van der Waals surface area contributed by atoms with Crippen molar-refractivity contribution >= 4 is 46.7 Å². The zero-order valence-corrected chi connectivity index (χ0v) is 22.0. The molecule has 2 aliphatic rings. The molecular formula is C30H26ClN3O5. The van der Waals surface area contributed by atoms with Crippen LogP contribution in [0.25, 0.3) is 0 Å². The van der Waals surface area contributed by atoms with E-state index in [-0.39, 0.29) is 22.3 Å². The third kappa shape index (κ3) is 5.28. The van der Waals surface area contributed by atoms with Crippen LogP contribution in [0.1, 0.15) is 45.2 Å². The highest BCUT2D eigenvalue weighted by Gasteiger charge is 2.39. The topological polar surface area (TPSA) is 96.0 Å². The Morgan fingerprint density at radius 2 is 1.67 bits per heavy atom. The van der Waals surface area contributed by atoms with Crippen molar-refractivity contribution < 1.29 is 23.9 Å². The first-order chi connectivity index (χ1) is 18.9. The number of carbonyl (C=O) groups is 4. The van der Waals surface area contributed by atoms with Crippen molar-refractivity contribution in [3.63, 3.8) is 0 Å². The van der Waals surface area contributed by atoms with Gasteiger partial charge in [-0.3, -0.25) is 14.4 Å². The molecule has 5 rings (SSSR count). The van der Waals surface area contributed by atoms with E-state index >= 15 is 0 Å². The predicted molar refractivity (Wildman–Crippen MR) is 147 cm³/mol. The van der Waals surface area contributed by atoms with Crippen molar-refractivity contribution in [2.75, 3.05) is 23.4 Å². The van der Waals surface area contributed by atoms with Crippen LogP contribution in [0.3, 0.4) is 0 Å². The Bertz CT molecular complexity index is 1500. The molecule has 0 aliphatic carbocycles. The second kappa shape index (κ2) is 11.1. The molecule has 0 saturated heterocycles. The monoisotopic (exact) mass is 543 g/mol. The molecule has 0 fully saturated rings. The molecule has 8 nitrogen and oxygen atoms in total. The number of nitrogens with zero attached hydrogens (tertiary/aromatic N) is 2. The van der Waals surface area contributed by atoms with Crippen LogP contribution in [0.4, 0.5) is 11.4 Å². The molecule has 0 aromatic heterocycles. The summed E-state index contributed by atoms with van der Waals surface area (Å²) >= 11 is 6.28. The number of esters is 1. The minimum atomic E-state index is -0.690. The van der Waals surface area contributed by atoms with Gasteiger partial charge in [0.25, 0.3) is 17.7 Å². The van der Waals surface area contributed by atoms with E-state index in [0.717, 1.165) is 16.9 Å². The average Bonchev–Trinajstić information content (AvgIpc) is 3.18. The van der Waals surface area contributed by atoms with Gasteiger partial charge in [-0.25, -0.2) is 9.69 Å². The number of fused-ring (bicyclic) bond motifs is 1. The lowest BCUT2D eigenvalue weighted by Crippen LogP contribution is -2.36. The Hall–Kier alpha value is -4.43. The summed E-state index contributed by atoms with van der Waals surface area (Å²) in [5.74, 6) is -1.94. The van der Waals surface area contributed by atoms with Gasteiger partial charge < -0.3 is 15.0 Å². The van der Waals surface area contributed by atoms with Gasteiger partial charge >= 0.3 is 5.97 Å². The maximum Gasteiger partial charge on any atom is 0.338 e. The predicted octanol–water partition coefficient (Wildman–Crippen LogP) is 4.89. The number of carbonyl (C=O) groups excluding carboxylic acids is 4. The highest BCUT2D eigenvalue weighted by Crippen LogP contribution is 2.31. The maximum atomic E-state index is 13.2. The van der Waals surface area contributed by atoms with E-state index in [2.05, 4.69) is 11.4 Å². The number of hydrogen-bond acceptors (Lipinski definition) is 6. The van der Waals surface area contributed by atoms with E-state index in [4.69, 9.17) is 16.3 Å². The molecule has 9 heteroatoms. The van der Waals surface area contributed by atoms with Crippen LogP contribution in [-0.4, -0.2) is 41.7 Å². The number of amides is 3. The van der Waals surface area contributed by atoms with Gasteiger partial charge in [-0.05, 0) is 66.4 Å². The highest BCUT2D eigenvalue weighted by molar-refractivity contribution is 6.53. The molecule has 1 N–H and O–H groups in total. The van der Waals surface area contributed by atoms with Gasteiger partial charge in [0.2, 0.25) is 0 Å².